The third kappa shape index (κ3) is 4.03. The van der Waals surface area contributed by atoms with E-state index in [1.807, 2.05) is 0 Å². The maximum absolute atomic E-state index is 5.26. The fourth-order valence-corrected chi connectivity index (χ4v) is 2.77. The molecule has 0 radical (unpaired) electrons. The minimum atomic E-state index is -2.65. The van der Waals surface area contributed by atoms with Gasteiger partial charge in [0.2, 0.25) is 0 Å². The van der Waals surface area contributed by atoms with Crippen LogP contribution in [0, 0.1) is 0 Å². The van der Waals surface area contributed by atoms with Gasteiger partial charge in [-0.05, 0) is 13.0 Å². The zero-order valence-corrected chi connectivity index (χ0v) is 10.7. The van der Waals surface area contributed by atoms with Gasteiger partial charge in [-0.25, -0.2) is 0 Å². The van der Waals surface area contributed by atoms with E-state index in [-0.39, 0.29) is 6.17 Å². The van der Waals surface area contributed by atoms with Crippen LogP contribution in [0.3, 0.4) is 0 Å². The highest BCUT2D eigenvalue weighted by atomic mass is 28.4. The molecule has 14 heavy (non-hydrogen) atoms. The summed E-state index contributed by atoms with van der Waals surface area (Å²) in [6.45, 7) is 5.04. The summed E-state index contributed by atoms with van der Waals surface area (Å²) < 4.78 is 15.8. The maximum atomic E-state index is 5.26. The Balaban J connectivity index is 4.24. The summed E-state index contributed by atoms with van der Waals surface area (Å²) in [7, 11) is 2.11. The highest BCUT2D eigenvalue weighted by Gasteiger charge is 2.40. The van der Waals surface area contributed by atoms with Crippen molar-refractivity contribution in [1.82, 2.24) is 10.3 Å². The fraction of sp³-hybridized carbons (Fsp3) is 1.00. The molecule has 0 bridgehead atoms. The van der Waals surface area contributed by atoms with Crippen LogP contribution in [0.5, 0.6) is 0 Å². The quantitative estimate of drug-likeness (QED) is 0.457. The van der Waals surface area contributed by atoms with Gasteiger partial charge in [0.15, 0.2) is 0 Å². The summed E-state index contributed by atoms with van der Waals surface area (Å²) in [4.78, 5) is 3.23. The summed E-state index contributed by atoms with van der Waals surface area (Å²) in [5.41, 5.74) is 0. The molecule has 1 unspecified atom stereocenters. The molecule has 0 rings (SSSR count). The van der Waals surface area contributed by atoms with Crippen LogP contribution in [0.1, 0.15) is 20.3 Å². The average molecular weight is 222 g/mol. The van der Waals surface area contributed by atoms with E-state index in [0.717, 1.165) is 13.0 Å². The molecule has 0 aromatic rings. The van der Waals surface area contributed by atoms with E-state index in [1.165, 1.54) is 0 Å². The number of hydrogen-bond acceptors (Lipinski definition) is 5. The van der Waals surface area contributed by atoms with Crippen LogP contribution in [-0.2, 0) is 13.3 Å². The molecule has 0 aromatic heterocycles. The second kappa shape index (κ2) is 7.33. The normalized spacial score (nSPS) is 14.4. The Labute approximate surface area is 87.6 Å². The van der Waals surface area contributed by atoms with Crippen molar-refractivity contribution in [2.75, 3.05) is 27.9 Å². The predicted octanol–water partition coefficient (Wildman–Crippen LogP) is 0.296. The molecule has 0 aliphatic carbocycles. The Morgan fingerprint density at radius 2 is 1.57 bits per heavy atom. The molecular weight excluding hydrogens is 200 g/mol. The van der Waals surface area contributed by atoms with Crippen LogP contribution in [0.2, 0.25) is 0 Å². The molecule has 0 heterocycles. The van der Waals surface area contributed by atoms with Crippen LogP contribution < -0.4 is 10.3 Å². The SMILES string of the molecule is CCNC(CC)N[Si](OC)(OC)OC. The van der Waals surface area contributed by atoms with Crippen molar-refractivity contribution >= 4 is 8.97 Å². The van der Waals surface area contributed by atoms with E-state index < -0.39 is 8.97 Å². The standard InChI is InChI=1S/C8H22N2O3Si/c1-6-8(9-7-2)10-14(11-3,12-4)13-5/h8-10H,6-7H2,1-5H3. The number of nitrogens with one attached hydrogen (secondary N) is 2. The first-order chi connectivity index (χ1) is 6.67. The lowest BCUT2D eigenvalue weighted by atomic mass is 10.4. The van der Waals surface area contributed by atoms with Gasteiger partial charge in [0.05, 0.1) is 6.17 Å². The first-order valence-corrected chi connectivity index (χ1v) is 6.57. The first kappa shape index (κ1) is 14.0. The Morgan fingerprint density at radius 1 is 1.07 bits per heavy atom. The Morgan fingerprint density at radius 3 is 1.86 bits per heavy atom. The molecule has 0 spiro atoms. The van der Waals surface area contributed by atoms with Gasteiger partial charge < -0.3 is 18.6 Å². The number of hydrogen-bond donors (Lipinski definition) is 2. The third-order valence-corrected chi connectivity index (χ3v) is 4.33. The van der Waals surface area contributed by atoms with Crippen molar-refractivity contribution in [3.8, 4) is 0 Å². The molecule has 5 nitrogen and oxygen atoms in total. The van der Waals surface area contributed by atoms with Gasteiger partial charge in [-0.1, -0.05) is 13.8 Å². The number of rotatable bonds is 8. The van der Waals surface area contributed by atoms with Gasteiger partial charge in [-0.2, -0.15) is 0 Å². The van der Waals surface area contributed by atoms with Gasteiger partial charge >= 0.3 is 8.97 Å². The molecule has 86 valence electrons. The molecule has 0 amide bonds. The zero-order valence-electron chi connectivity index (χ0n) is 9.72. The summed E-state index contributed by atoms with van der Waals surface area (Å²) in [6.07, 6.45) is 1.10. The van der Waals surface area contributed by atoms with E-state index in [2.05, 4.69) is 24.1 Å². The van der Waals surface area contributed by atoms with E-state index >= 15 is 0 Å². The molecule has 2 N–H and O–H groups in total. The Bertz CT molecular complexity index is 136. The highest BCUT2D eigenvalue weighted by molar-refractivity contribution is 6.57. The summed E-state index contributed by atoms with van der Waals surface area (Å²) in [5.74, 6) is 0. The molecule has 0 aliphatic heterocycles. The van der Waals surface area contributed by atoms with Gasteiger partial charge in [-0.3, -0.25) is 4.98 Å². The van der Waals surface area contributed by atoms with Crippen molar-refractivity contribution in [3.63, 3.8) is 0 Å². The molecule has 0 saturated heterocycles. The van der Waals surface area contributed by atoms with Crippen molar-refractivity contribution < 1.29 is 13.3 Å². The molecule has 0 aromatic carbocycles. The first-order valence-electron chi connectivity index (χ1n) is 4.84. The van der Waals surface area contributed by atoms with Crippen molar-refractivity contribution in [1.29, 1.82) is 0 Å². The fourth-order valence-electron chi connectivity index (χ4n) is 1.18. The molecule has 0 aliphatic rings. The second-order valence-corrected chi connectivity index (χ2v) is 5.46. The Hall–Kier alpha value is 0.0169. The summed E-state index contributed by atoms with van der Waals surface area (Å²) >= 11 is 0. The minimum absolute atomic E-state index is 0.159. The maximum Gasteiger partial charge on any atom is 0.597 e. The van der Waals surface area contributed by atoms with Crippen molar-refractivity contribution in [2.24, 2.45) is 0 Å². The van der Waals surface area contributed by atoms with Crippen molar-refractivity contribution in [3.05, 3.63) is 0 Å². The topological polar surface area (TPSA) is 51.8 Å². The van der Waals surface area contributed by atoms with E-state index in [4.69, 9.17) is 13.3 Å². The predicted molar refractivity (Wildman–Crippen MR) is 57.7 cm³/mol. The average Bonchev–Trinajstić information content (AvgIpc) is 2.25. The van der Waals surface area contributed by atoms with E-state index in [9.17, 15) is 0 Å². The molecule has 6 heteroatoms. The smallest absolute Gasteiger partial charge is 0.364 e. The van der Waals surface area contributed by atoms with Crippen LogP contribution in [0.4, 0.5) is 0 Å². The zero-order chi connectivity index (χ0) is 11.0. The van der Waals surface area contributed by atoms with Gasteiger partial charge in [-0.15, -0.1) is 0 Å². The summed E-state index contributed by atoms with van der Waals surface area (Å²) in [6, 6.07) is 0. The second-order valence-electron chi connectivity index (χ2n) is 2.83. The largest absolute Gasteiger partial charge is 0.597 e. The van der Waals surface area contributed by atoms with E-state index in [0.29, 0.717) is 0 Å². The molecule has 0 saturated carbocycles. The lowest BCUT2D eigenvalue weighted by Gasteiger charge is -2.29. The lowest BCUT2D eigenvalue weighted by Crippen LogP contribution is -2.63. The third-order valence-electron chi connectivity index (χ3n) is 2.02. The molecule has 0 fully saturated rings. The van der Waals surface area contributed by atoms with Gasteiger partial charge in [0, 0.05) is 21.3 Å². The van der Waals surface area contributed by atoms with Crippen LogP contribution >= 0.6 is 0 Å². The monoisotopic (exact) mass is 222 g/mol. The Kier molecular flexibility index (Phi) is 7.34. The van der Waals surface area contributed by atoms with Gasteiger partial charge in [0.25, 0.3) is 0 Å². The molecule has 1 atom stereocenters. The molecular formula is C8H22N2O3Si. The van der Waals surface area contributed by atoms with Crippen molar-refractivity contribution in [2.45, 2.75) is 26.4 Å². The summed E-state index contributed by atoms with van der Waals surface area (Å²) in [5, 5.41) is 3.27. The van der Waals surface area contributed by atoms with Crippen LogP contribution in [0.25, 0.3) is 0 Å². The lowest BCUT2D eigenvalue weighted by molar-refractivity contribution is 0.102. The highest BCUT2D eigenvalue weighted by Crippen LogP contribution is 2.03. The van der Waals surface area contributed by atoms with E-state index in [1.54, 1.807) is 21.3 Å². The van der Waals surface area contributed by atoms with Gasteiger partial charge in [0.1, 0.15) is 0 Å². The minimum Gasteiger partial charge on any atom is -0.364 e. The van der Waals surface area contributed by atoms with Crippen LogP contribution in [-0.4, -0.2) is 43.0 Å². The van der Waals surface area contributed by atoms with Crippen LogP contribution in [0.15, 0.2) is 0 Å².